The number of hydrogen-bond acceptors (Lipinski definition) is 3. The van der Waals surface area contributed by atoms with Gasteiger partial charge in [-0.2, -0.15) is 0 Å². The largest absolute Gasteiger partial charge is 0.338 e. The minimum Gasteiger partial charge on any atom is -0.338 e. The zero-order valence-electron chi connectivity index (χ0n) is 20.8. The average Bonchev–Trinajstić information content (AvgIpc) is 3.33. The standard InChI is InChI=1S/C29H38FN3O/c1-4-21(3)26-7-6-8-27(28(26)31-5-2)29(34)33-18-13-22(20-33)19-32-16-14-24(15-17-32)23-9-11-25(30)12-10-23/h5-12,21-22,24H,4,13-20H2,1-3H3/t21?,22-/m1/s1. The molecule has 2 fully saturated rings. The molecule has 2 saturated heterocycles. The van der Waals surface area contributed by atoms with E-state index in [2.05, 4.69) is 29.8 Å². The lowest BCUT2D eigenvalue weighted by atomic mass is 9.89. The van der Waals surface area contributed by atoms with Crippen LogP contribution >= 0.6 is 0 Å². The summed E-state index contributed by atoms with van der Waals surface area (Å²) in [6, 6.07) is 13.1. The molecule has 34 heavy (non-hydrogen) atoms. The third kappa shape index (κ3) is 5.57. The van der Waals surface area contributed by atoms with Crippen molar-refractivity contribution < 1.29 is 9.18 Å². The fourth-order valence-corrected chi connectivity index (χ4v) is 5.51. The van der Waals surface area contributed by atoms with Crippen LogP contribution in [0.15, 0.2) is 47.5 Å². The molecule has 5 heteroatoms. The van der Waals surface area contributed by atoms with Crippen molar-refractivity contribution >= 4 is 17.8 Å². The Morgan fingerprint density at radius 2 is 1.85 bits per heavy atom. The summed E-state index contributed by atoms with van der Waals surface area (Å²) in [6.45, 7) is 11.1. The van der Waals surface area contributed by atoms with E-state index in [1.54, 1.807) is 18.3 Å². The number of aliphatic imine (C=N–C) groups is 1. The van der Waals surface area contributed by atoms with Gasteiger partial charge in [0.25, 0.3) is 5.91 Å². The number of nitrogens with zero attached hydrogens (tertiary/aromatic N) is 3. The maximum Gasteiger partial charge on any atom is 0.256 e. The van der Waals surface area contributed by atoms with Crippen molar-refractivity contribution in [1.29, 1.82) is 0 Å². The summed E-state index contributed by atoms with van der Waals surface area (Å²) in [7, 11) is 0. The van der Waals surface area contributed by atoms with Gasteiger partial charge in [0, 0.05) is 25.8 Å². The molecule has 0 N–H and O–H groups in total. The summed E-state index contributed by atoms with van der Waals surface area (Å²) < 4.78 is 13.2. The summed E-state index contributed by atoms with van der Waals surface area (Å²) >= 11 is 0. The zero-order chi connectivity index (χ0) is 24.1. The Balaban J connectivity index is 1.34. The van der Waals surface area contributed by atoms with Crippen LogP contribution in [0.2, 0.25) is 0 Å². The van der Waals surface area contributed by atoms with Crippen LogP contribution in [0.1, 0.15) is 79.8 Å². The predicted octanol–water partition coefficient (Wildman–Crippen LogP) is 6.40. The Hall–Kier alpha value is -2.53. The van der Waals surface area contributed by atoms with E-state index in [1.165, 1.54) is 5.56 Å². The maximum absolute atomic E-state index is 13.5. The zero-order valence-corrected chi connectivity index (χ0v) is 20.8. The molecular weight excluding hydrogens is 425 g/mol. The van der Waals surface area contributed by atoms with Crippen LogP contribution in [0.4, 0.5) is 10.1 Å². The van der Waals surface area contributed by atoms with E-state index < -0.39 is 0 Å². The highest BCUT2D eigenvalue weighted by Gasteiger charge is 2.31. The van der Waals surface area contributed by atoms with Gasteiger partial charge in [-0.1, -0.05) is 38.1 Å². The summed E-state index contributed by atoms with van der Waals surface area (Å²) in [6.07, 6.45) is 6.10. The van der Waals surface area contributed by atoms with Crippen LogP contribution in [0, 0.1) is 11.7 Å². The maximum atomic E-state index is 13.5. The molecule has 182 valence electrons. The number of hydrogen-bond donors (Lipinski definition) is 0. The number of piperidine rings is 1. The number of likely N-dealkylation sites (tertiary alicyclic amines) is 2. The second-order valence-electron chi connectivity index (χ2n) is 9.97. The van der Waals surface area contributed by atoms with Gasteiger partial charge in [-0.05, 0) is 92.8 Å². The molecule has 2 aliphatic rings. The quantitative estimate of drug-likeness (QED) is 0.445. The molecule has 2 atom stereocenters. The minimum absolute atomic E-state index is 0.114. The van der Waals surface area contributed by atoms with Crippen molar-refractivity contribution in [2.45, 2.75) is 58.3 Å². The SMILES string of the molecule is CC=Nc1c(C(=O)N2CC[C@H](CN3CCC(c4ccc(F)cc4)CC3)C2)cccc1C(C)CC. The fraction of sp³-hybridized carbons (Fsp3) is 0.517. The Bertz CT molecular complexity index is 995. The van der Waals surface area contributed by atoms with Crippen LogP contribution in [0.25, 0.3) is 0 Å². The Morgan fingerprint density at radius 3 is 2.53 bits per heavy atom. The van der Waals surface area contributed by atoms with E-state index in [4.69, 9.17) is 0 Å². The highest BCUT2D eigenvalue weighted by Crippen LogP contribution is 2.34. The normalized spacial score (nSPS) is 20.8. The minimum atomic E-state index is -0.165. The molecule has 2 heterocycles. The topological polar surface area (TPSA) is 35.9 Å². The molecule has 4 rings (SSSR count). The average molecular weight is 464 g/mol. The van der Waals surface area contributed by atoms with Crippen LogP contribution in [0.3, 0.4) is 0 Å². The number of halogens is 1. The Labute approximate surface area is 203 Å². The molecule has 0 radical (unpaired) electrons. The van der Waals surface area contributed by atoms with Crippen molar-refractivity contribution in [3.05, 3.63) is 65.0 Å². The molecule has 2 aliphatic heterocycles. The molecule has 2 aromatic carbocycles. The van der Waals surface area contributed by atoms with Gasteiger partial charge in [0.1, 0.15) is 5.82 Å². The summed E-state index contributed by atoms with van der Waals surface area (Å²) in [5.74, 6) is 1.36. The Morgan fingerprint density at radius 1 is 1.12 bits per heavy atom. The number of carbonyl (C=O) groups is 1. The van der Waals surface area contributed by atoms with Crippen molar-refractivity contribution in [2.75, 3.05) is 32.7 Å². The fourth-order valence-electron chi connectivity index (χ4n) is 5.51. The second-order valence-corrected chi connectivity index (χ2v) is 9.97. The van der Waals surface area contributed by atoms with Gasteiger partial charge in [-0.25, -0.2) is 4.39 Å². The van der Waals surface area contributed by atoms with Gasteiger partial charge in [0.15, 0.2) is 0 Å². The van der Waals surface area contributed by atoms with Gasteiger partial charge in [0.2, 0.25) is 0 Å². The first kappa shape index (κ1) is 24.6. The van der Waals surface area contributed by atoms with Gasteiger partial charge in [-0.15, -0.1) is 0 Å². The van der Waals surface area contributed by atoms with Crippen molar-refractivity contribution in [2.24, 2.45) is 10.9 Å². The van der Waals surface area contributed by atoms with Gasteiger partial charge >= 0.3 is 0 Å². The van der Waals surface area contributed by atoms with Crippen molar-refractivity contribution in [3.8, 4) is 0 Å². The molecule has 0 aromatic heterocycles. The summed E-state index contributed by atoms with van der Waals surface area (Å²) in [5.41, 5.74) is 3.99. The third-order valence-corrected chi connectivity index (χ3v) is 7.72. The Kier molecular flexibility index (Phi) is 8.15. The third-order valence-electron chi connectivity index (χ3n) is 7.72. The van der Waals surface area contributed by atoms with E-state index in [9.17, 15) is 9.18 Å². The highest BCUT2D eigenvalue weighted by atomic mass is 19.1. The smallest absolute Gasteiger partial charge is 0.256 e. The van der Waals surface area contributed by atoms with E-state index in [0.717, 1.165) is 75.2 Å². The molecule has 0 saturated carbocycles. The second kappa shape index (κ2) is 11.3. The summed E-state index contributed by atoms with van der Waals surface area (Å²) in [4.78, 5) is 22.7. The lowest BCUT2D eigenvalue weighted by molar-refractivity contribution is 0.0782. The van der Waals surface area contributed by atoms with Crippen molar-refractivity contribution in [1.82, 2.24) is 9.80 Å². The van der Waals surface area contributed by atoms with E-state index in [1.807, 2.05) is 36.1 Å². The lowest BCUT2D eigenvalue weighted by Crippen LogP contribution is -2.37. The predicted molar refractivity (Wildman–Crippen MR) is 138 cm³/mol. The molecular formula is C29H38FN3O. The molecule has 1 amide bonds. The first-order valence-corrected chi connectivity index (χ1v) is 12.9. The molecule has 0 bridgehead atoms. The molecule has 4 nitrogen and oxygen atoms in total. The first-order valence-electron chi connectivity index (χ1n) is 12.9. The molecule has 2 aromatic rings. The highest BCUT2D eigenvalue weighted by molar-refractivity contribution is 6.00. The van der Waals surface area contributed by atoms with Gasteiger partial charge < -0.3 is 9.80 Å². The molecule has 0 aliphatic carbocycles. The monoisotopic (exact) mass is 463 g/mol. The first-order chi connectivity index (χ1) is 16.5. The van der Waals surface area contributed by atoms with Gasteiger partial charge in [-0.3, -0.25) is 9.79 Å². The summed E-state index contributed by atoms with van der Waals surface area (Å²) in [5, 5.41) is 0. The molecule has 0 spiro atoms. The number of carbonyl (C=O) groups excluding carboxylic acids is 1. The van der Waals surface area contributed by atoms with Crippen LogP contribution in [-0.2, 0) is 0 Å². The van der Waals surface area contributed by atoms with E-state index in [0.29, 0.717) is 17.8 Å². The van der Waals surface area contributed by atoms with Gasteiger partial charge in [0.05, 0.1) is 11.3 Å². The lowest BCUT2D eigenvalue weighted by Gasteiger charge is -2.33. The van der Waals surface area contributed by atoms with E-state index in [-0.39, 0.29) is 11.7 Å². The number of amides is 1. The number of rotatable bonds is 7. The number of benzene rings is 2. The van der Waals surface area contributed by atoms with Crippen LogP contribution in [-0.4, -0.2) is 54.6 Å². The van der Waals surface area contributed by atoms with Crippen molar-refractivity contribution in [3.63, 3.8) is 0 Å². The van der Waals surface area contributed by atoms with Crippen LogP contribution in [0.5, 0.6) is 0 Å². The number of para-hydroxylation sites is 1. The molecule has 1 unspecified atom stereocenters. The van der Waals surface area contributed by atoms with Crippen LogP contribution < -0.4 is 0 Å². The van der Waals surface area contributed by atoms with E-state index >= 15 is 0 Å².